The number of phosphoric ester groups is 1. The Kier molecular flexibility index (Phi) is 42.5. The number of phosphoric acid groups is 1. The molecule has 9 heteroatoms. The van der Waals surface area contributed by atoms with Crippen LogP contribution in [0.1, 0.15) is 200 Å². The highest BCUT2D eigenvalue weighted by Crippen LogP contribution is 2.38. The van der Waals surface area contributed by atoms with Crippen LogP contribution < -0.4 is 4.89 Å². The molecule has 0 aliphatic heterocycles. The molecule has 0 amide bonds. The normalized spacial score (nSPS) is 14.2. The molecule has 0 aromatic heterocycles. The maximum absolute atomic E-state index is 12.7. The van der Waals surface area contributed by atoms with Crippen molar-refractivity contribution in [2.45, 2.75) is 206 Å². The Morgan fingerprint density at radius 1 is 0.533 bits per heavy atom. The van der Waals surface area contributed by atoms with Crippen molar-refractivity contribution >= 4 is 13.8 Å². The van der Waals surface area contributed by atoms with E-state index in [1.54, 1.807) is 0 Å². The third-order valence-corrected chi connectivity index (χ3v) is 11.3. The Labute approximate surface area is 370 Å². The molecule has 2 unspecified atom stereocenters. The van der Waals surface area contributed by atoms with E-state index in [0.29, 0.717) is 24.1 Å². The lowest BCUT2D eigenvalue weighted by Crippen LogP contribution is -2.37. The minimum atomic E-state index is -4.54. The van der Waals surface area contributed by atoms with Gasteiger partial charge in [-0.1, -0.05) is 197 Å². The zero-order valence-electron chi connectivity index (χ0n) is 39.6. The Morgan fingerprint density at radius 3 is 1.45 bits per heavy atom. The number of unbranched alkanes of at least 4 members (excludes halogenated alkanes) is 21. The third kappa shape index (κ3) is 47.3. The lowest BCUT2D eigenvalue weighted by molar-refractivity contribution is -0.870. The van der Waals surface area contributed by atoms with E-state index in [0.717, 1.165) is 83.5 Å². The molecular weight excluding hydrogens is 770 g/mol. The van der Waals surface area contributed by atoms with Gasteiger partial charge in [-0.15, -0.1) is 0 Å². The van der Waals surface area contributed by atoms with E-state index < -0.39 is 13.9 Å². The second kappa shape index (κ2) is 43.8. The molecule has 0 aliphatic carbocycles. The average molecular weight is 864 g/mol. The van der Waals surface area contributed by atoms with Gasteiger partial charge >= 0.3 is 5.97 Å². The van der Waals surface area contributed by atoms with Crippen LogP contribution >= 0.6 is 7.82 Å². The van der Waals surface area contributed by atoms with Gasteiger partial charge in [0.15, 0.2) is 0 Å². The third-order valence-electron chi connectivity index (χ3n) is 10.3. The van der Waals surface area contributed by atoms with Crippen LogP contribution in [0.3, 0.4) is 0 Å². The van der Waals surface area contributed by atoms with E-state index in [-0.39, 0.29) is 25.8 Å². The second-order valence-electron chi connectivity index (χ2n) is 17.4. The fourth-order valence-corrected chi connectivity index (χ4v) is 7.30. The van der Waals surface area contributed by atoms with Crippen molar-refractivity contribution in [3.05, 3.63) is 60.8 Å². The molecular formula is C51H94NO7P. The zero-order chi connectivity index (χ0) is 44.1. The molecule has 0 bridgehead atoms. The van der Waals surface area contributed by atoms with Gasteiger partial charge in [0.25, 0.3) is 7.82 Å². The maximum Gasteiger partial charge on any atom is 0.306 e. The molecule has 0 radical (unpaired) electrons. The Hall–Kier alpha value is -1.80. The van der Waals surface area contributed by atoms with Gasteiger partial charge in [-0.25, -0.2) is 0 Å². The number of carbonyl (C=O) groups excluding carboxylic acids is 1. The Bertz CT molecular complexity index is 1140. The van der Waals surface area contributed by atoms with Crippen molar-refractivity contribution in [3.8, 4) is 0 Å². The topological polar surface area (TPSA) is 94.1 Å². The molecule has 0 fully saturated rings. The van der Waals surface area contributed by atoms with E-state index in [1.807, 2.05) is 21.1 Å². The molecule has 2 atom stereocenters. The number of nitrogens with zero attached hydrogens (tertiary/aromatic N) is 1. The standard InChI is InChI=1S/C51H94NO7P/c1-6-8-10-12-14-16-18-20-22-24-25-26-27-28-30-32-34-36-38-40-42-44-51(53)59-50(49-58-60(54,55)57-47-45-52(3,4)5)48-56-46-43-41-39-37-35-33-31-29-23-21-19-17-15-13-11-9-7-2/h8,10,14,16,20,22,25-26,28,30,50H,6-7,9,11-13,15,17-19,21,23-24,27,29,31-49H2,1-5H3/b10-8-,16-14-,22-20-,26-25-,30-28-. The number of likely N-dealkylation sites (N-methyl/N-ethyl adjacent to an activating group) is 1. The molecule has 0 aromatic carbocycles. The van der Waals surface area contributed by atoms with E-state index >= 15 is 0 Å². The van der Waals surface area contributed by atoms with Crippen LogP contribution in [0.4, 0.5) is 0 Å². The van der Waals surface area contributed by atoms with E-state index in [2.05, 4.69) is 74.6 Å². The van der Waals surface area contributed by atoms with Crippen molar-refractivity contribution in [3.63, 3.8) is 0 Å². The summed E-state index contributed by atoms with van der Waals surface area (Å²) in [5, 5.41) is 0. The van der Waals surface area contributed by atoms with Crippen LogP contribution in [0, 0.1) is 0 Å². The Balaban J connectivity index is 4.22. The smallest absolute Gasteiger partial charge is 0.306 e. The number of quaternary nitrogens is 1. The number of allylic oxidation sites excluding steroid dienone is 10. The molecule has 350 valence electrons. The second-order valence-corrected chi connectivity index (χ2v) is 18.9. The van der Waals surface area contributed by atoms with Crippen molar-refractivity contribution in [1.82, 2.24) is 0 Å². The first-order valence-corrected chi connectivity index (χ1v) is 26.0. The zero-order valence-corrected chi connectivity index (χ0v) is 40.5. The summed E-state index contributed by atoms with van der Waals surface area (Å²) in [7, 11) is 1.34. The molecule has 0 saturated carbocycles. The van der Waals surface area contributed by atoms with Crippen LogP contribution in [0.2, 0.25) is 0 Å². The fourth-order valence-electron chi connectivity index (χ4n) is 6.57. The molecule has 8 nitrogen and oxygen atoms in total. The molecule has 0 spiro atoms. The van der Waals surface area contributed by atoms with Crippen LogP contribution in [0.25, 0.3) is 0 Å². The first-order chi connectivity index (χ1) is 29.1. The molecule has 0 saturated heterocycles. The summed E-state index contributed by atoms with van der Waals surface area (Å²) in [5.74, 6) is -0.351. The molecule has 60 heavy (non-hydrogen) atoms. The molecule has 0 aromatic rings. The lowest BCUT2D eigenvalue weighted by atomic mass is 10.0. The minimum Gasteiger partial charge on any atom is -0.756 e. The van der Waals surface area contributed by atoms with Gasteiger partial charge in [-0.05, 0) is 57.8 Å². The predicted molar refractivity (Wildman–Crippen MR) is 254 cm³/mol. The fraction of sp³-hybridized carbons (Fsp3) is 0.784. The van der Waals surface area contributed by atoms with Crippen LogP contribution in [-0.2, 0) is 27.9 Å². The van der Waals surface area contributed by atoms with Crippen LogP contribution in [-0.4, -0.2) is 70.7 Å². The quantitative estimate of drug-likeness (QED) is 0.0198. The summed E-state index contributed by atoms with van der Waals surface area (Å²) >= 11 is 0. The number of hydrogen-bond acceptors (Lipinski definition) is 7. The number of esters is 1. The number of carbonyl (C=O) groups is 1. The van der Waals surface area contributed by atoms with Crippen molar-refractivity contribution < 1.29 is 37.3 Å². The van der Waals surface area contributed by atoms with Crippen molar-refractivity contribution in [1.29, 1.82) is 0 Å². The van der Waals surface area contributed by atoms with E-state index in [1.165, 1.54) is 96.3 Å². The van der Waals surface area contributed by atoms with Gasteiger partial charge < -0.3 is 27.9 Å². The minimum absolute atomic E-state index is 0.0207. The lowest BCUT2D eigenvalue weighted by Gasteiger charge is -2.28. The first kappa shape index (κ1) is 58.2. The summed E-state index contributed by atoms with van der Waals surface area (Å²) in [6.45, 7) is 5.29. The van der Waals surface area contributed by atoms with Crippen LogP contribution in [0.5, 0.6) is 0 Å². The van der Waals surface area contributed by atoms with E-state index in [4.69, 9.17) is 18.5 Å². The highest BCUT2D eigenvalue weighted by atomic mass is 31.2. The highest BCUT2D eigenvalue weighted by molar-refractivity contribution is 7.45. The van der Waals surface area contributed by atoms with Gasteiger partial charge in [0.1, 0.15) is 19.3 Å². The summed E-state index contributed by atoms with van der Waals surface area (Å²) in [6.07, 6.45) is 55.2. The number of rotatable bonds is 45. The largest absolute Gasteiger partial charge is 0.756 e. The van der Waals surface area contributed by atoms with Gasteiger partial charge in [0, 0.05) is 13.0 Å². The predicted octanol–water partition coefficient (Wildman–Crippen LogP) is 14.3. The molecule has 0 heterocycles. The average Bonchev–Trinajstić information content (AvgIpc) is 3.20. The Morgan fingerprint density at radius 2 is 0.967 bits per heavy atom. The monoisotopic (exact) mass is 864 g/mol. The van der Waals surface area contributed by atoms with Gasteiger partial charge in [-0.3, -0.25) is 9.36 Å². The van der Waals surface area contributed by atoms with Gasteiger partial charge in [-0.2, -0.15) is 0 Å². The molecule has 0 rings (SSSR count). The maximum atomic E-state index is 12.7. The van der Waals surface area contributed by atoms with Gasteiger partial charge in [0.2, 0.25) is 0 Å². The number of ether oxygens (including phenoxy) is 2. The first-order valence-electron chi connectivity index (χ1n) is 24.5. The van der Waals surface area contributed by atoms with Crippen molar-refractivity contribution in [2.24, 2.45) is 0 Å². The summed E-state index contributed by atoms with van der Waals surface area (Å²) in [5.41, 5.74) is 0. The summed E-state index contributed by atoms with van der Waals surface area (Å²) < 4.78 is 34.7. The molecule has 0 N–H and O–H groups in total. The molecule has 0 aliphatic rings. The highest BCUT2D eigenvalue weighted by Gasteiger charge is 2.20. The number of hydrogen-bond donors (Lipinski definition) is 0. The SMILES string of the molecule is CC/C=C\C/C=C\C/C=C\C/C=C\C/C=C\CCCCCCCC(=O)OC(COCCCCCCCCCCCCCCCCCCC)COP(=O)([O-])OCC[N+](C)(C)C. The van der Waals surface area contributed by atoms with Crippen molar-refractivity contribution in [2.75, 3.05) is 54.1 Å². The van der Waals surface area contributed by atoms with Gasteiger partial charge in [0.05, 0.1) is 34.4 Å². The van der Waals surface area contributed by atoms with Crippen LogP contribution in [0.15, 0.2) is 60.8 Å². The summed E-state index contributed by atoms with van der Waals surface area (Å²) in [6, 6.07) is 0. The van der Waals surface area contributed by atoms with E-state index in [9.17, 15) is 14.3 Å². The summed E-state index contributed by atoms with van der Waals surface area (Å²) in [4.78, 5) is 25.1.